The molecule has 0 bridgehead atoms. The summed E-state index contributed by atoms with van der Waals surface area (Å²) >= 11 is 0. The first-order valence-corrected chi connectivity index (χ1v) is 5.48. The van der Waals surface area contributed by atoms with Crippen LogP contribution in [0.25, 0.3) is 0 Å². The first-order valence-electron chi connectivity index (χ1n) is 5.48. The molecule has 0 aliphatic carbocycles. The summed E-state index contributed by atoms with van der Waals surface area (Å²) in [7, 11) is 0. The molecule has 2 aliphatic rings. The fourth-order valence-corrected chi connectivity index (χ4v) is 1.91. The second kappa shape index (κ2) is 4.33. The Kier molecular flexibility index (Phi) is 3.07. The maximum atomic E-state index is 12.1. The van der Waals surface area contributed by atoms with E-state index in [1.807, 2.05) is 18.7 Å². The largest absolute Gasteiger partial charge is 0.377 e. The zero-order valence-corrected chi connectivity index (χ0v) is 9.38. The summed E-state index contributed by atoms with van der Waals surface area (Å²) in [5.41, 5.74) is 2.17. The van der Waals surface area contributed by atoms with Gasteiger partial charge in [0.15, 0.2) is 0 Å². The van der Waals surface area contributed by atoms with Crippen molar-refractivity contribution < 1.29 is 9.53 Å². The van der Waals surface area contributed by atoms with E-state index < -0.39 is 0 Å². The Labute approximate surface area is 90.3 Å². The van der Waals surface area contributed by atoms with Crippen LogP contribution in [0.1, 0.15) is 13.8 Å². The summed E-state index contributed by atoms with van der Waals surface area (Å²) in [5, 5.41) is 3.16. The van der Waals surface area contributed by atoms with E-state index in [-0.39, 0.29) is 11.9 Å². The summed E-state index contributed by atoms with van der Waals surface area (Å²) in [6.45, 7) is 7.75. The van der Waals surface area contributed by atoms with Crippen molar-refractivity contribution in [1.29, 1.82) is 0 Å². The van der Waals surface area contributed by atoms with Gasteiger partial charge in [0.25, 0.3) is 0 Å². The molecule has 0 aromatic rings. The lowest BCUT2D eigenvalue weighted by Gasteiger charge is -2.34. The molecule has 0 aromatic heterocycles. The van der Waals surface area contributed by atoms with E-state index in [9.17, 15) is 4.79 Å². The molecule has 2 heterocycles. The van der Waals surface area contributed by atoms with Crippen LogP contribution in [0, 0.1) is 0 Å². The minimum Gasteiger partial charge on any atom is -0.377 e. The number of ether oxygens (including phenoxy) is 1. The summed E-state index contributed by atoms with van der Waals surface area (Å²) in [6.07, 6.45) is 0. The van der Waals surface area contributed by atoms with Crippen molar-refractivity contribution in [3.05, 3.63) is 11.1 Å². The highest BCUT2D eigenvalue weighted by Crippen LogP contribution is 2.15. The van der Waals surface area contributed by atoms with Crippen molar-refractivity contribution in [2.24, 2.45) is 0 Å². The van der Waals surface area contributed by atoms with E-state index in [1.165, 1.54) is 5.57 Å². The molecule has 1 atom stereocenters. The zero-order chi connectivity index (χ0) is 10.8. The molecule has 0 saturated carbocycles. The molecule has 2 rings (SSSR count). The monoisotopic (exact) mass is 210 g/mol. The lowest BCUT2D eigenvalue weighted by molar-refractivity contribution is -0.134. The smallest absolute Gasteiger partial charge is 0.249 e. The van der Waals surface area contributed by atoms with Crippen molar-refractivity contribution in [3.63, 3.8) is 0 Å². The quantitative estimate of drug-likeness (QED) is 0.627. The molecule has 2 aliphatic heterocycles. The average molecular weight is 210 g/mol. The van der Waals surface area contributed by atoms with Crippen molar-refractivity contribution in [2.45, 2.75) is 19.9 Å². The second-order valence-corrected chi connectivity index (χ2v) is 4.25. The van der Waals surface area contributed by atoms with Gasteiger partial charge in [-0.05, 0) is 19.4 Å². The van der Waals surface area contributed by atoms with Crippen LogP contribution >= 0.6 is 0 Å². The number of morpholine rings is 1. The maximum absolute atomic E-state index is 12.1. The van der Waals surface area contributed by atoms with Crippen LogP contribution in [0.4, 0.5) is 0 Å². The first-order chi connectivity index (χ1) is 7.20. The first kappa shape index (κ1) is 10.6. The molecule has 84 valence electrons. The molecule has 1 N–H and O–H groups in total. The van der Waals surface area contributed by atoms with Gasteiger partial charge in [0.05, 0.1) is 19.3 Å². The average Bonchev–Trinajstić information content (AvgIpc) is 2.15. The van der Waals surface area contributed by atoms with Gasteiger partial charge in [0.1, 0.15) is 0 Å². The highest BCUT2D eigenvalue weighted by molar-refractivity contribution is 5.94. The molecule has 15 heavy (non-hydrogen) atoms. The van der Waals surface area contributed by atoms with Gasteiger partial charge in [-0.2, -0.15) is 0 Å². The van der Waals surface area contributed by atoms with Gasteiger partial charge in [-0.15, -0.1) is 0 Å². The Morgan fingerprint density at radius 1 is 1.53 bits per heavy atom. The highest BCUT2D eigenvalue weighted by Gasteiger charge is 2.26. The fraction of sp³-hybridized carbons (Fsp3) is 0.727. The van der Waals surface area contributed by atoms with Gasteiger partial charge in [0.2, 0.25) is 5.91 Å². The standard InChI is InChI=1S/C11H18N2O2/c1-8-7-15-4-3-13(8)11(14)9(2)10-5-12-6-10/h8,12H,3-7H2,1-2H3. The van der Waals surface area contributed by atoms with Gasteiger partial charge in [0, 0.05) is 25.2 Å². The highest BCUT2D eigenvalue weighted by atomic mass is 16.5. The normalized spacial score (nSPS) is 26.1. The Bertz CT molecular complexity index is 293. The number of rotatable bonds is 1. The van der Waals surface area contributed by atoms with Crippen LogP contribution in [0.5, 0.6) is 0 Å². The number of nitrogens with zero attached hydrogens (tertiary/aromatic N) is 1. The number of carbonyl (C=O) groups excluding carboxylic acids is 1. The van der Waals surface area contributed by atoms with Gasteiger partial charge in [-0.1, -0.05) is 0 Å². The van der Waals surface area contributed by atoms with E-state index in [2.05, 4.69) is 5.32 Å². The molecule has 2 saturated heterocycles. The van der Waals surface area contributed by atoms with Gasteiger partial charge in [-0.25, -0.2) is 0 Å². The van der Waals surface area contributed by atoms with E-state index in [4.69, 9.17) is 4.74 Å². The molecule has 0 radical (unpaired) electrons. The lowest BCUT2D eigenvalue weighted by Crippen LogP contribution is -2.48. The minimum absolute atomic E-state index is 0.183. The Balaban J connectivity index is 2.06. The third-order valence-corrected chi connectivity index (χ3v) is 3.16. The maximum Gasteiger partial charge on any atom is 0.249 e. The molecular formula is C11H18N2O2. The van der Waals surface area contributed by atoms with Crippen LogP contribution in [-0.2, 0) is 9.53 Å². The third-order valence-electron chi connectivity index (χ3n) is 3.16. The fourth-order valence-electron chi connectivity index (χ4n) is 1.91. The SMILES string of the molecule is CC(C(=O)N1CCOCC1C)=C1CNC1. The van der Waals surface area contributed by atoms with E-state index >= 15 is 0 Å². The van der Waals surface area contributed by atoms with Gasteiger partial charge >= 0.3 is 0 Å². The molecule has 0 aromatic carbocycles. The van der Waals surface area contributed by atoms with Crippen LogP contribution in [-0.4, -0.2) is 49.7 Å². The van der Waals surface area contributed by atoms with E-state index in [1.54, 1.807) is 0 Å². The summed E-state index contributed by atoms with van der Waals surface area (Å²) in [6, 6.07) is 0.204. The summed E-state index contributed by atoms with van der Waals surface area (Å²) in [5.74, 6) is 0.183. The van der Waals surface area contributed by atoms with Crippen LogP contribution < -0.4 is 5.32 Å². The molecule has 1 amide bonds. The van der Waals surface area contributed by atoms with E-state index in [0.717, 1.165) is 25.2 Å². The Morgan fingerprint density at radius 3 is 2.80 bits per heavy atom. The minimum atomic E-state index is 0.183. The van der Waals surface area contributed by atoms with Crippen molar-refractivity contribution in [3.8, 4) is 0 Å². The number of carbonyl (C=O) groups is 1. The Hall–Kier alpha value is -0.870. The number of hydrogen-bond acceptors (Lipinski definition) is 3. The second-order valence-electron chi connectivity index (χ2n) is 4.25. The molecule has 4 heteroatoms. The van der Waals surface area contributed by atoms with Gasteiger partial charge < -0.3 is 15.0 Å². The topological polar surface area (TPSA) is 41.6 Å². The lowest BCUT2D eigenvalue weighted by atomic mass is 10.0. The summed E-state index contributed by atoms with van der Waals surface area (Å²) < 4.78 is 5.32. The number of hydrogen-bond donors (Lipinski definition) is 1. The third kappa shape index (κ3) is 2.06. The predicted molar refractivity (Wildman–Crippen MR) is 57.6 cm³/mol. The number of amides is 1. The van der Waals surface area contributed by atoms with Crippen LogP contribution in [0.3, 0.4) is 0 Å². The predicted octanol–water partition coefficient (Wildman–Crippen LogP) is 0.153. The molecule has 1 unspecified atom stereocenters. The van der Waals surface area contributed by atoms with Crippen molar-refractivity contribution in [1.82, 2.24) is 10.2 Å². The van der Waals surface area contributed by atoms with Gasteiger partial charge in [-0.3, -0.25) is 4.79 Å². The number of nitrogens with one attached hydrogen (secondary N) is 1. The van der Waals surface area contributed by atoms with Crippen LogP contribution in [0.2, 0.25) is 0 Å². The van der Waals surface area contributed by atoms with E-state index in [0.29, 0.717) is 13.2 Å². The zero-order valence-electron chi connectivity index (χ0n) is 9.38. The van der Waals surface area contributed by atoms with Crippen molar-refractivity contribution >= 4 is 5.91 Å². The Morgan fingerprint density at radius 2 is 2.27 bits per heavy atom. The van der Waals surface area contributed by atoms with Crippen LogP contribution in [0.15, 0.2) is 11.1 Å². The molecule has 4 nitrogen and oxygen atoms in total. The van der Waals surface area contributed by atoms with Crippen molar-refractivity contribution in [2.75, 3.05) is 32.8 Å². The molecule has 0 spiro atoms. The molecule has 2 fully saturated rings. The summed E-state index contributed by atoms with van der Waals surface area (Å²) in [4.78, 5) is 14.0. The molecular weight excluding hydrogens is 192 g/mol.